The number of hydrogen-bond donors (Lipinski definition) is 1. The molecular weight excluding hydrogens is 340 g/mol. The van der Waals surface area contributed by atoms with Crippen LogP contribution in [0.3, 0.4) is 0 Å². The summed E-state index contributed by atoms with van der Waals surface area (Å²) in [5.74, 6) is -5.05. The van der Waals surface area contributed by atoms with Crippen molar-refractivity contribution in [3.05, 3.63) is 29.8 Å². The third-order valence-corrected chi connectivity index (χ3v) is 6.16. The van der Waals surface area contributed by atoms with Crippen LogP contribution in [0.4, 0.5) is 8.78 Å². The number of nitrogens with zero attached hydrogens (tertiary/aromatic N) is 1. The molecule has 1 heterocycles. The van der Waals surface area contributed by atoms with Crippen LogP contribution in [0, 0.1) is 5.92 Å². The molecule has 2 rings (SSSR count). The molecule has 0 saturated carbocycles. The van der Waals surface area contributed by atoms with E-state index in [1.807, 2.05) is 0 Å². The molecule has 1 unspecified atom stereocenters. The summed E-state index contributed by atoms with van der Waals surface area (Å²) in [5, 5.41) is 9.14. The summed E-state index contributed by atoms with van der Waals surface area (Å²) in [6.07, 6.45) is -0.138. The Morgan fingerprint density at radius 1 is 1.38 bits per heavy atom. The topological polar surface area (TPSA) is 74.7 Å². The SMILES string of the molecule is CCCS(=O)(=O)c1ccccc1C(=O)N1CCC(F)(F)C(CO)C1. The van der Waals surface area contributed by atoms with Crippen LogP contribution in [0.1, 0.15) is 30.1 Å². The quantitative estimate of drug-likeness (QED) is 0.870. The summed E-state index contributed by atoms with van der Waals surface area (Å²) in [7, 11) is -3.61. The molecule has 1 aliphatic rings. The zero-order valence-electron chi connectivity index (χ0n) is 13.4. The molecule has 1 atom stereocenters. The van der Waals surface area contributed by atoms with E-state index in [9.17, 15) is 22.0 Å². The molecule has 1 fully saturated rings. The lowest BCUT2D eigenvalue weighted by Gasteiger charge is -2.37. The van der Waals surface area contributed by atoms with Crippen molar-refractivity contribution < 1.29 is 27.1 Å². The molecule has 24 heavy (non-hydrogen) atoms. The normalized spacial score (nSPS) is 20.8. The lowest BCUT2D eigenvalue weighted by molar-refractivity contribution is -0.113. The second-order valence-corrected chi connectivity index (χ2v) is 8.03. The molecule has 1 aliphatic heterocycles. The van der Waals surface area contributed by atoms with E-state index in [1.54, 1.807) is 13.0 Å². The molecule has 134 valence electrons. The monoisotopic (exact) mass is 361 g/mol. The van der Waals surface area contributed by atoms with E-state index in [2.05, 4.69) is 0 Å². The molecule has 1 N–H and O–H groups in total. The Balaban J connectivity index is 2.32. The van der Waals surface area contributed by atoms with E-state index in [0.717, 1.165) is 0 Å². The Morgan fingerprint density at radius 3 is 2.67 bits per heavy atom. The predicted molar refractivity (Wildman–Crippen MR) is 84.8 cm³/mol. The highest BCUT2D eigenvalue weighted by Gasteiger charge is 2.45. The number of likely N-dealkylation sites (tertiary alicyclic amines) is 1. The van der Waals surface area contributed by atoms with Crippen molar-refractivity contribution in [2.75, 3.05) is 25.4 Å². The van der Waals surface area contributed by atoms with Crippen molar-refractivity contribution in [1.29, 1.82) is 0 Å². The number of aliphatic hydroxyl groups excluding tert-OH is 1. The van der Waals surface area contributed by atoms with Crippen LogP contribution in [-0.2, 0) is 9.84 Å². The lowest BCUT2D eigenvalue weighted by Crippen LogP contribution is -2.50. The van der Waals surface area contributed by atoms with Crippen LogP contribution in [0.25, 0.3) is 0 Å². The molecule has 0 spiro atoms. The molecule has 0 bridgehead atoms. The Labute approximate surface area is 140 Å². The predicted octanol–water partition coefficient (Wildman–Crippen LogP) is 1.96. The van der Waals surface area contributed by atoms with Gasteiger partial charge in [0.25, 0.3) is 11.8 Å². The standard InChI is InChI=1S/C16H21F2NO4S/c1-2-9-24(22,23)14-6-4-3-5-13(14)15(21)19-8-7-16(17,18)12(10-19)11-20/h3-6,12,20H,2,7-11H2,1H3. The number of rotatable bonds is 5. The van der Waals surface area contributed by atoms with Gasteiger partial charge in [-0.2, -0.15) is 0 Å². The van der Waals surface area contributed by atoms with Crippen LogP contribution in [-0.4, -0.2) is 55.7 Å². The van der Waals surface area contributed by atoms with Gasteiger partial charge in [0.2, 0.25) is 0 Å². The second-order valence-electron chi connectivity index (χ2n) is 5.96. The number of alkyl halides is 2. The number of halogens is 2. The summed E-state index contributed by atoms with van der Waals surface area (Å²) in [6.45, 7) is 0.516. The van der Waals surface area contributed by atoms with E-state index in [1.165, 1.54) is 23.1 Å². The van der Waals surface area contributed by atoms with E-state index in [4.69, 9.17) is 5.11 Å². The van der Waals surface area contributed by atoms with Crippen molar-refractivity contribution in [3.63, 3.8) is 0 Å². The number of sulfone groups is 1. The first-order valence-electron chi connectivity index (χ1n) is 7.82. The highest BCUT2D eigenvalue weighted by molar-refractivity contribution is 7.91. The average Bonchev–Trinajstić information content (AvgIpc) is 2.54. The molecule has 1 aromatic carbocycles. The Hall–Kier alpha value is -1.54. The summed E-state index contributed by atoms with van der Waals surface area (Å²) < 4.78 is 52.0. The van der Waals surface area contributed by atoms with Gasteiger partial charge in [0.05, 0.1) is 28.7 Å². The van der Waals surface area contributed by atoms with Crippen molar-refractivity contribution in [1.82, 2.24) is 4.90 Å². The van der Waals surface area contributed by atoms with Crippen molar-refractivity contribution >= 4 is 15.7 Å². The van der Waals surface area contributed by atoms with Crippen LogP contribution < -0.4 is 0 Å². The van der Waals surface area contributed by atoms with E-state index < -0.39 is 40.6 Å². The molecule has 1 aromatic rings. The Morgan fingerprint density at radius 2 is 2.04 bits per heavy atom. The van der Waals surface area contributed by atoms with Crippen molar-refractivity contribution in [3.8, 4) is 0 Å². The third kappa shape index (κ3) is 3.75. The van der Waals surface area contributed by atoms with E-state index in [0.29, 0.717) is 6.42 Å². The van der Waals surface area contributed by atoms with Crippen LogP contribution in [0.15, 0.2) is 29.2 Å². The third-order valence-electron chi connectivity index (χ3n) is 4.19. The first kappa shape index (κ1) is 18.8. The summed E-state index contributed by atoms with van der Waals surface area (Å²) in [5.41, 5.74) is -0.00661. The van der Waals surface area contributed by atoms with Gasteiger partial charge >= 0.3 is 0 Å². The number of hydrogen-bond acceptors (Lipinski definition) is 4. The summed E-state index contributed by atoms with van der Waals surface area (Å²) in [4.78, 5) is 13.8. The minimum atomic E-state index is -3.61. The fourth-order valence-corrected chi connectivity index (χ4v) is 4.35. The number of amides is 1. The zero-order valence-corrected chi connectivity index (χ0v) is 14.2. The molecular formula is C16H21F2NO4S. The maximum absolute atomic E-state index is 13.7. The molecule has 0 aromatic heterocycles. The number of benzene rings is 1. The van der Waals surface area contributed by atoms with Gasteiger partial charge in [-0.05, 0) is 18.6 Å². The van der Waals surface area contributed by atoms with Gasteiger partial charge < -0.3 is 10.0 Å². The average molecular weight is 361 g/mol. The minimum absolute atomic E-state index is 0.00661. The zero-order chi connectivity index (χ0) is 18.0. The number of carbonyl (C=O) groups is 1. The molecule has 5 nitrogen and oxygen atoms in total. The van der Waals surface area contributed by atoms with Gasteiger partial charge in [-0.3, -0.25) is 4.79 Å². The Bertz CT molecular complexity index is 706. The smallest absolute Gasteiger partial charge is 0.256 e. The number of piperidine rings is 1. The fraction of sp³-hybridized carbons (Fsp3) is 0.562. The van der Waals surface area contributed by atoms with Gasteiger partial charge in [0.1, 0.15) is 0 Å². The number of aliphatic hydroxyl groups is 1. The van der Waals surface area contributed by atoms with Gasteiger partial charge in [-0.15, -0.1) is 0 Å². The minimum Gasteiger partial charge on any atom is -0.396 e. The highest BCUT2D eigenvalue weighted by atomic mass is 32.2. The molecule has 0 aliphatic carbocycles. The van der Waals surface area contributed by atoms with E-state index >= 15 is 0 Å². The lowest BCUT2D eigenvalue weighted by atomic mass is 9.94. The van der Waals surface area contributed by atoms with Gasteiger partial charge in [0.15, 0.2) is 9.84 Å². The van der Waals surface area contributed by atoms with Crippen molar-refractivity contribution in [2.45, 2.75) is 30.6 Å². The first-order chi connectivity index (χ1) is 11.2. The molecule has 8 heteroatoms. The van der Waals surface area contributed by atoms with E-state index in [-0.39, 0.29) is 29.3 Å². The van der Waals surface area contributed by atoms with Gasteiger partial charge in [-0.25, -0.2) is 17.2 Å². The maximum atomic E-state index is 13.7. The first-order valence-corrected chi connectivity index (χ1v) is 9.48. The van der Waals surface area contributed by atoms with Crippen LogP contribution in [0.2, 0.25) is 0 Å². The maximum Gasteiger partial charge on any atom is 0.256 e. The van der Waals surface area contributed by atoms with Crippen molar-refractivity contribution in [2.24, 2.45) is 5.92 Å². The molecule has 1 amide bonds. The van der Waals surface area contributed by atoms with Crippen LogP contribution >= 0.6 is 0 Å². The van der Waals surface area contributed by atoms with Gasteiger partial charge in [-0.1, -0.05) is 19.1 Å². The summed E-state index contributed by atoms with van der Waals surface area (Å²) >= 11 is 0. The summed E-state index contributed by atoms with van der Waals surface area (Å²) in [6, 6.07) is 5.83. The van der Waals surface area contributed by atoms with Crippen LogP contribution in [0.5, 0.6) is 0 Å². The second kappa shape index (κ2) is 7.14. The molecule has 0 radical (unpaired) electrons. The van der Waals surface area contributed by atoms with Gasteiger partial charge in [0, 0.05) is 19.5 Å². The largest absolute Gasteiger partial charge is 0.396 e. The molecule has 1 saturated heterocycles. The Kier molecular flexibility index (Phi) is 5.59. The number of carbonyl (C=O) groups excluding carboxylic acids is 1. The fourth-order valence-electron chi connectivity index (χ4n) is 2.82. The highest BCUT2D eigenvalue weighted by Crippen LogP contribution is 2.34.